The van der Waals surface area contributed by atoms with E-state index in [-0.39, 0.29) is 11.9 Å². The molecule has 2 rings (SSSR count). The number of halogens is 2. The lowest BCUT2D eigenvalue weighted by Crippen LogP contribution is -2.35. The van der Waals surface area contributed by atoms with Gasteiger partial charge in [0.05, 0.1) is 12.6 Å². The summed E-state index contributed by atoms with van der Waals surface area (Å²) >= 11 is 5.92. The first-order valence-corrected chi connectivity index (χ1v) is 4.93. The van der Waals surface area contributed by atoms with E-state index in [2.05, 4.69) is 5.32 Å². The number of amides is 1. The molecule has 5 heteroatoms. The van der Waals surface area contributed by atoms with Crippen molar-refractivity contribution in [3.05, 3.63) is 34.6 Å². The number of hydrogen-bond donors (Lipinski definition) is 1. The Bertz CT molecular complexity index is 397. The number of cyclic esters (lactones) is 1. The fourth-order valence-electron chi connectivity index (χ4n) is 1.54. The summed E-state index contributed by atoms with van der Waals surface area (Å²) in [7, 11) is 0. The van der Waals surface area contributed by atoms with Crippen LogP contribution in [-0.4, -0.2) is 12.7 Å². The maximum atomic E-state index is 13.0. The van der Waals surface area contributed by atoms with Crippen molar-refractivity contribution in [3.63, 3.8) is 0 Å². The van der Waals surface area contributed by atoms with Crippen molar-refractivity contribution in [2.24, 2.45) is 0 Å². The third-order valence-electron chi connectivity index (χ3n) is 2.27. The predicted octanol–water partition coefficient (Wildman–Crippen LogP) is 2.65. The maximum absolute atomic E-state index is 13.0. The second kappa shape index (κ2) is 4.06. The normalized spacial score (nSPS) is 20.7. The Morgan fingerprint density at radius 1 is 1.53 bits per heavy atom. The highest BCUT2D eigenvalue weighted by atomic mass is 35.5. The highest BCUT2D eigenvalue weighted by Crippen LogP contribution is 2.27. The zero-order valence-electron chi connectivity index (χ0n) is 7.80. The van der Waals surface area contributed by atoms with Gasteiger partial charge in [-0.25, -0.2) is 9.18 Å². The summed E-state index contributed by atoms with van der Waals surface area (Å²) in [5.74, 6) is -0.366. The Hall–Kier alpha value is -1.29. The molecule has 0 spiro atoms. The Morgan fingerprint density at radius 3 is 3.07 bits per heavy atom. The van der Waals surface area contributed by atoms with E-state index in [1.165, 1.54) is 18.2 Å². The van der Waals surface area contributed by atoms with Crippen molar-refractivity contribution in [1.29, 1.82) is 0 Å². The molecule has 0 aliphatic carbocycles. The van der Waals surface area contributed by atoms with Gasteiger partial charge in [-0.3, -0.25) is 0 Å². The first-order valence-electron chi connectivity index (χ1n) is 4.55. The van der Waals surface area contributed by atoms with E-state index < -0.39 is 6.09 Å². The van der Waals surface area contributed by atoms with Crippen LogP contribution in [0.4, 0.5) is 9.18 Å². The van der Waals surface area contributed by atoms with Crippen LogP contribution in [0.25, 0.3) is 0 Å². The van der Waals surface area contributed by atoms with Crippen LogP contribution in [0.3, 0.4) is 0 Å². The van der Waals surface area contributed by atoms with Gasteiger partial charge in [-0.2, -0.15) is 0 Å². The molecule has 80 valence electrons. The molecular weight excluding hydrogens is 221 g/mol. The van der Waals surface area contributed by atoms with Crippen LogP contribution in [0.5, 0.6) is 0 Å². The molecule has 3 nitrogen and oxygen atoms in total. The van der Waals surface area contributed by atoms with Crippen LogP contribution >= 0.6 is 11.6 Å². The minimum atomic E-state index is -0.494. The van der Waals surface area contributed by atoms with Crippen molar-refractivity contribution in [2.75, 3.05) is 6.61 Å². The Kier molecular flexibility index (Phi) is 2.77. The number of ether oxygens (including phenoxy) is 1. The van der Waals surface area contributed by atoms with E-state index in [4.69, 9.17) is 16.3 Å². The molecule has 1 aromatic rings. The summed E-state index contributed by atoms with van der Waals surface area (Å²) in [6.07, 6.45) is 0.0983. The largest absolute Gasteiger partial charge is 0.449 e. The second-order valence-electron chi connectivity index (χ2n) is 3.29. The summed E-state index contributed by atoms with van der Waals surface area (Å²) in [4.78, 5) is 11.0. The van der Waals surface area contributed by atoms with E-state index in [1.54, 1.807) is 0 Å². The van der Waals surface area contributed by atoms with Gasteiger partial charge in [-0.15, -0.1) is 0 Å². The summed E-state index contributed by atoms with van der Waals surface area (Å²) in [5.41, 5.74) is 0.591. The van der Waals surface area contributed by atoms with Gasteiger partial charge in [-0.05, 0) is 23.8 Å². The SMILES string of the molecule is O=C1N[C@@H](c2cc(F)ccc2Cl)CCO1. The molecule has 1 amide bonds. The fraction of sp³-hybridized carbons (Fsp3) is 0.300. The Morgan fingerprint density at radius 2 is 2.33 bits per heavy atom. The van der Waals surface area contributed by atoms with Gasteiger partial charge in [0.25, 0.3) is 0 Å². The molecule has 1 heterocycles. The van der Waals surface area contributed by atoms with E-state index >= 15 is 0 Å². The fourth-order valence-corrected chi connectivity index (χ4v) is 1.79. The van der Waals surface area contributed by atoms with Crippen molar-refractivity contribution >= 4 is 17.7 Å². The van der Waals surface area contributed by atoms with Gasteiger partial charge >= 0.3 is 6.09 Å². The number of benzene rings is 1. The Labute approximate surface area is 91.2 Å². The van der Waals surface area contributed by atoms with Gasteiger partial charge in [0.1, 0.15) is 5.82 Å². The summed E-state index contributed by atoms with van der Waals surface area (Å²) < 4.78 is 17.7. The first-order chi connectivity index (χ1) is 7.16. The van der Waals surface area contributed by atoms with Crippen LogP contribution in [0.1, 0.15) is 18.0 Å². The van der Waals surface area contributed by atoms with Crippen molar-refractivity contribution < 1.29 is 13.9 Å². The molecule has 0 radical (unpaired) electrons. The molecular formula is C10H9ClFNO2. The lowest BCUT2D eigenvalue weighted by atomic mass is 10.0. The number of carbonyl (C=O) groups is 1. The topological polar surface area (TPSA) is 38.3 Å². The molecule has 0 aromatic heterocycles. The maximum Gasteiger partial charge on any atom is 0.407 e. The monoisotopic (exact) mass is 229 g/mol. The molecule has 1 saturated heterocycles. The average molecular weight is 230 g/mol. The number of nitrogens with one attached hydrogen (secondary N) is 1. The van der Waals surface area contributed by atoms with Crippen LogP contribution in [0.15, 0.2) is 18.2 Å². The van der Waals surface area contributed by atoms with Crippen LogP contribution in [0.2, 0.25) is 5.02 Å². The number of rotatable bonds is 1. The number of carbonyl (C=O) groups excluding carboxylic acids is 1. The molecule has 1 aromatic carbocycles. The van der Waals surface area contributed by atoms with Gasteiger partial charge in [0.2, 0.25) is 0 Å². The zero-order valence-corrected chi connectivity index (χ0v) is 8.55. The molecule has 1 aliphatic rings. The lowest BCUT2D eigenvalue weighted by Gasteiger charge is -2.24. The zero-order chi connectivity index (χ0) is 10.8. The van der Waals surface area contributed by atoms with Gasteiger partial charge in [0, 0.05) is 11.4 Å². The number of alkyl carbamates (subject to hydrolysis) is 1. The molecule has 1 N–H and O–H groups in total. The smallest absolute Gasteiger partial charge is 0.407 e. The molecule has 1 fully saturated rings. The quantitative estimate of drug-likeness (QED) is 0.804. The van der Waals surface area contributed by atoms with E-state index in [1.807, 2.05) is 0 Å². The molecule has 0 bridgehead atoms. The van der Waals surface area contributed by atoms with E-state index in [0.717, 1.165) is 0 Å². The molecule has 15 heavy (non-hydrogen) atoms. The van der Waals surface area contributed by atoms with Gasteiger partial charge in [-0.1, -0.05) is 11.6 Å². The molecule has 0 unspecified atom stereocenters. The van der Waals surface area contributed by atoms with E-state index in [9.17, 15) is 9.18 Å². The summed E-state index contributed by atoms with van der Waals surface area (Å²) in [6.45, 7) is 0.323. The molecule has 1 atom stereocenters. The standard InChI is InChI=1S/C10H9ClFNO2/c11-8-2-1-6(12)5-7(8)9-3-4-15-10(14)13-9/h1-2,5,9H,3-4H2,(H,13,14)/t9-/m1/s1. The minimum Gasteiger partial charge on any atom is -0.449 e. The summed E-state index contributed by atoms with van der Waals surface area (Å²) in [6, 6.07) is 3.83. The van der Waals surface area contributed by atoms with Crippen LogP contribution < -0.4 is 5.32 Å². The average Bonchev–Trinajstić information content (AvgIpc) is 2.22. The lowest BCUT2D eigenvalue weighted by molar-refractivity contribution is 0.115. The number of hydrogen-bond acceptors (Lipinski definition) is 2. The van der Waals surface area contributed by atoms with Crippen molar-refractivity contribution in [2.45, 2.75) is 12.5 Å². The van der Waals surface area contributed by atoms with E-state index in [0.29, 0.717) is 23.6 Å². The van der Waals surface area contributed by atoms with Crippen molar-refractivity contribution in [1.82, 2.24) is 5.32 Å². The van der Waals surface area contributed by atoms with Crippen LogP contribution in [-0.2, 0) is 4.74 Å². The third kappa shape index (κ3) is 2.21. The predicted molar refractivity (Wildman–Crippen MR) is 53.3 cm³/mol. The molecule has 1 aliphatic heterocycles. The molecule has 0 saturated carbocycles. The second-order valence-corrected chi connectivity index (χ2v) is 3.69. The minimum absolute atomic E-state index is 0.269. The Balaban J connectivity index is 2.27. The highest BCUT2D eigenvalue weighted by Gasteiger charge is 2.22. The van der Waals surface area contributed by atoms with Gasteiger partial charge < -0.3 is 10.1 Å². The van der Waals surface area contributed by atoms with Crippen molar-refractivity contribution in [3.8, 4) is 0 Å². The first kappa shape index (κ1) is 10.2. The van der Waals surface area contributed by atoms with Crippen LogP contribution in [0, 0.1) is 5.82 Å². The highest BCUT2D eigenvalue weighted by molar-refractivity contribution is 6.31. The third-order valence-corrected chi connectivity index (χ3v) is 2.61. The van der Waals surface area contributed by atoms with Gasteiger partial charge in [0.15, 0.2) is 0 Å². The summed E-state index contributed by atoms with van der Waals surface area (Å²) in [5, 5.41) is 3.04.